The maximum atomic E-state index is 12.9. The number of para-hydroxylation sites is 1. The second-order valence-electron chi connectivity index (χ2n) is 6.37. The minimum absolute atomic E-state index is 0.394. The Morgan fingerprint density at radius 3 is 2.62 bits per heavy atom. The molecule has 0 N–H and O–H groups in total. The van der Waals surface area contributed by atoms with Crippen LogP contribution in [-0.4, -0.2) is 32.8 Å². The summed E-state index contributed by atoms with van der Waals surface area (Å²) in [6, 6.07) is 17.7. The SMILES string of the molecule is CCn1cnnc1SCc1nc2ccccc2c(-c2ccccc2)c1C(=O)OC. The highest BCUT2D eigenvalue weighted by atomic mass is 32.2. The van der Waals surface area contributed by atoms with Crippen LogP contribution in [0.3, 0.4) is 0 Å². The van der Waals surface area contributed by atoms with Gasteiger partial charge in [0.25, 0.3) is 0 Å². The number of nitrogens with zero attached hydrogens (tertiary/aromatic N) is 4. The van der Waals surface area contributed by atoms with E-state index in [0.717, 1.165) is 33.7 Å². The number of hydrogen-bond acceptors (Lipinski definition) is 6. The van der Waals surface area contributed by atoms with Gasteiger partial charge in [-0.2, -0.15) is 0 Å². The topological polar surface area (TPSA) is 69.9 Å². The third-order valence-corrected chi connectivity index (χ3v) is 5.67. The third-order valence-electron chi connectivity index (χ3n) is 4.68. The van der Waals surface area contributed by atoms with Crippen molar-refractivity contribution in [2.75, 3.05) is 7.11 Å². The molecule has 2 heterocycles. The normalized spacial score (nSPS) is 11.0. The maximum absolute atomic E-state index is 12.9. The molecule has 0 bridgehead atoms. The Balaban J connectivity index is 1.90. The molecule has 0 spiro atoms. The number of thioether (sulfide) groups is 1. The molecule has 7 heteroatoms. The molecule has 2 aromatic carbocycles. The smallest absolute Gasteiger partial charge is 0.340 e. The van der Waals surface area contributed by atoms with E-state index in [-0.39, 0.29) is 0 Å². The lowest BCUT2D eigenvalue weighted by Crippen LogP contribution is -2.10. The Morgan fingerprint density at radius 1 is 1.10 bits per heavy atom. The minimum atomic E-state index is -0.394. The number of esters is 1. The van der Waals surface area contributed by atoms with Gasteiger partial charge in [0, 0.05) is 23.2 Å². The van der Waals surface area contributed by atoms with Crippen molar-refractivity contribution in [2.45, 2.75) is 24.4 Å². The Labute approximate surface area is 172 Å². The van der Waals surface area contributed by atoms with Crippen LogP contribution in [0.1, 0.15) is 23.0 Å². The first kappa shape index (κ1) is 19.1. The molecule has 0 aliphatic rings. The third kappa shape index (κ3) is 3.73. The van der Waals surface area contributed by atoms with Crippen molar-refractivity contribution in [1.82, 2.24) is 19.7 Å². The van der Waals surface area contributed by atoms with E-state index in [1.807, 2.05) is 66.1 Å². The Hall–Kier alpha value is -3.19. The van der Waals surface area contributed by atoms with Gasteiger partial charge < -0.3 is 9.30 Å². The standard InChI is InChI=1S/C22H20N4O2S/c1-3-26-14-23-25-22(26)29-13-18-20(21(27)28-2)19(15-9-5-4-6-10-15)16-11-7-8-12-17(16)24-18/h4-12,14H,3,13H2,1-2H3. The monoisotopic (exact) mass is 404 g/mol. The van der Waals surface area contributed by atoms with Crippen LogP contribution in [0, 0.1) is 0 Å². The number of benzene rings is 2. The molecule has 4 aromatic rings. The average molecular weight is 404 g/mol. The lowest BCUT2D eigenvalue weighted by molar-refractivity contribution is 0.0600. The molecule has 4 rings (SSSR count). The zero-order valence-electron chi connectivity index (χ0n) is 16.2. The van der Waals surface area contributed by atoms with E-state index in [2.05, 4.69) is 10.2 Å². The first-order chi connectivity index (χ1) is 14.2. The van der Waals surface area contributed by atoms with E-state index < -0.39 is 5.97 Å². The first-order valence-electron chi connectivity index (χ1n) is 9.29. The Morgan fingerprint density at radius 2 is 1.86 bits per heavy atom. The number of methoxy groups -OCH3 is 1. The summed E-state index contributed by atoms with van der Waals surface area (Å²) in [6.45, 7) is 2.81. The van der Waals surface area contributed by atoms with Gasteiger partial charge in [0.15, 0.2) is 5.16 Å². The maximum Gasteiger partial charge on any atom is 0.340 e. The molecular formula is C22H20N4O2S. The van der Waals surface area contributed by atoms with Gasteiger partial charge in [-0.1, -0.05) is 60.3 Å². The number of aryl methyl sites for hydroxylation is 1. The van der Waals surface area contributed by atoms with Crippen LogP contribution in [0.25, 0.3) is 22.0 Å². The van der Waals surface area contributed by atoms with Crippen LogP contribution >= 0.6 is 11.8 Å². The zero-order chi connectivity index (χ0) is 20.2. The summed E-state index contributed by atoms with van der Waals surface area (Å²) in [5, 5.41) is 9.86. The molecule has 0 aliphatic carbocycles. The fourth-order valence-corrected chi connectivity index (χ4v) is 4.22. The molecule has 0 radical (unpaired) electrons. The fourth-order valence-electron chi connectivity index (χ4n) is 3.30. The lowest BCUT2D eigenvalue weighted by Gasteiger charge is -2.16. The van der Waals surface area contributed by atoms with Crippen molar-refractivity contribution >= 4 is 28.6 Å². The molecule has 0 amide bonds. The molecular weight excluding hydrogens is 384 g/mol. The quantitative estimate of drug-likeness (QED) is 0.346. The van der Waals surface area contributed by atoms with Crippen LogP contribution in [0.2, 0.25) is 0 Å². The summed E-state index contributed by atoms with van der Waals surface area (Å²) < 4.78 is 7.11. The van der Waals surface area contributed by atoms with Gasteiger partial charge in [0.05, 0.1) is 23.9 Å². The molecule has 0 saturated heterocycles. The van der Waals surface area contributed by atoms with Gasteiger partial charge in [0.2, 0.25) is 0 Å². The number of hydrogen-bond donors (Lipinski definition) is 0. The second-order valence-corrected chi connectivity index (χ2v) is 7.31. The lowest BCUT2D eigenvalue weighted by atomic mass is 9.94. The molecule has 2 aromatic heterocycles. The van der Waals surface area contributed by atoms with E-state index in [0.29, 0.717) is 17.0 Å². The molecule has 0 saturated carbocycles. The number of fused-ring (bicyclic) bond motifs is 1. The van der Waals surface area contributed by atoms with E-state index >= 15 is 0 Å². The second kappa shape index (κ2) is 8.45. The largest absolute Gasteiger partial charge is 0.465 e. The molecule has 0 fully saturated rings. The molecule has 0 aliphatic heterocycles. The van der Waals surface area contributed by atoms with Gasteiger partial charge in [-0.15, -0.1) is 10.2 Å². The Kier molecular flexibility index (Phi) is 5.57. The van der Waals surface area contributed by atoms with Gasteiger partial charge in [-0.25, -0.2) is 4.79 Å². The summed E-state index contributed by atoms with van der Waals surface area (Å²) in [7, 11) is 1.40. The number of ether oxygens (including phenoxy) is 1. The van der Waals surface area contributed by atoms with Gasteiger partial charge in [-0.3, -0.25) is 4.98 Å². The van der Waals surface area contributed by atoms with Crippen molar-refractivity contribution in [3.63, 3.8) is 0 Å². The number of aromatic nitrogens is 4. The van der Waals surface area contributed by atoms with Crippen molar-refractivity contribution in [2.24, 2.45) is 0 Å². The van der Waals surface area contributed by atoms with E-state index in [9.17, 15) is 4.79 Å². The number of rotatable bonds is 6. The molecule has 29 heavy (non-hydrogen) atoms. The van der Waals surface area contributed by atoms with Crippen LogP contribution in [0.15, 0.2) is 66.1 Å². The van der Waals surface area contributed by atoms with Crippen molar-refractivity contribution in [1.29, 1.82) is 0 Å². The van der Waals surface area contributed by atoms with Crippen LogP contribution in [0.4, 0.5) is 0 Å². The summed E-state index contributed by atoms with van der Waals surface area (Å²) in [6.07, 6.45) is 1.70. The molecule has 146 valence electrons. The predicted molar refractivity (Wildman–Crippen MR) is 114 cm³/mol. The molecule has 6 nitrogen and oxygen atoms in total. The van der Waals surface area contributed by atoms with Crippen molar-refractivity contribution < 1.29 is 9.53 Å². The molecule has 0 unspecified atom stereocenters. The van der Waals surface area contributed by atoms with Crippen molar-refractivity contribution in [3.8, 4) is 11.1 Å². The minimum Gasteiger partial charge on any atom is -0.465 e. The number of carbonyl (C=O) groups is 1. The van der Waals surface area contributed by atoms with Crippen LogP contribution in [-0.2, 0) is 17.0 Å². The first-order valence-corrected chi connectivity index (χ1v) is 10.3. The highest BCUT2D eigenvalue weighted by Gasteiger charge is 2.23. The van der Waals surface area contributed by atoms with E-state index in [4.69, 9.17) is 9.72 Å². The summed E-state index contributed by atoms with van der Waals surface area (Å²) in [4.78, 5) is 17.7. The predicted octanol–water partition coefficient (Wildman–Crippen LogP) is 4.59. The van der Waals surface area contributed by atoms with Gasteiger partial charge in [0.1, 0.15) is 6.33 Å². The number of pyridine rings is 1. The molecule has 0 atom stereocenters. The van der Waals surface area contributed by atoms with E-state index in [1.54, 1.807) is 6.33 Å². The average Bonchev–Trinajstić information content (AvgIpc) is 3.24. The zero-order valence-corrected chi connectivity index (χ0v) is 17.0. The van der Waals surface area contributed by atoms with Gasteiger partial charge >= 0.3 is 5.97 Å². The Bertz CT molecular complexity index is 1160. The fraction of sp³-hybridized carbons (Fsp3) is 0.182. The number of carbonyl (C=O) groups excluding carboxylic acids is 1. The van der Waals surface area contributed by atoms with Gasteiger partial charge in [-0.05, 0) is 18.6 Å². The summed E-state index contributed by atoms with van der Waals surface area (Å²) >= 11 is 1.50. The van der Waals surface area contributed by atoms with Crippen molar-refractivity contribution in [3.05, 3.63) is 72.2 Å². The highest BCUT2D eigenvalue weighted by molar-refractivity contribution is 7.98. The van der Waals surface area contributed by atoms with Crippen LogP contribution in [0.5, 0.6) is 0 Å². The van der Waals surface area contributed by atoms with E-state index in [1.165, 1.54) is 18.9 Å². The van der Waals surface area contributed by atoms with Crippen LogP contribution < -0.4 is 0 Å². The summed E-state index contributed by atoms with van der Waals surface area (Å²) in [5.74, 6) is 0.0861. The highest BCUT2D eigenvalue weighted by Crippen LogP contribution is 2.35. The summed E-state index contributed by atoms with van der Waals surface area (Å²) in [5.41, 5.74) is 3.80.